The van der Waals surface area contributed by atoms with Crippen molar-refractivity contribution in [1.29, 1.82) is 0 Å². The summed E-state index contributed by atoms with van der Waals surface area (Å²) >= 11 is 0. The van der Waals surface area contributed by atoms with Crippen LogP contribution in [0.5, 0.6) is 0 Å². The van der Waals surface area contributed by atoms with Gasteiger partial charge in [0.05, 0.1) is 23.6 Å². The largest absolute Gasteiger partial charge is 0.379 e. The molecular weight excluding hydrogens is 356 g/mol. The summed E-state index contributed by atoms with van der Waals surface area (Å²) in [7, 11) is -2.05. The summed E-state index contributed by atoms with van der Waals surface area (Å²) < 4.78 is 32.5. The van der Waals surface area contributed by atoms with Crippen LogP contribution in [0.15, 0.2) is 35.4 Å². The molecule has 0 saturated carbocycles. The van der Waals surface area contributed by atoms with Gasteiger partial charge in [-0.05, 0) is 24.3 Å². The Balaban J connectivity index is 1.87. The molecule has 3 heterocycles. The van der Waals surface area contributed by atoms with Crippen LogP contribution in [0.25, 0.3) is 21.8 Å². The van der Waals surface area contributed by atoms with E-state index in [2.05, 4.69) is 15.3 Å². The molecule has 0 atom stereocenters. The van der Waals surface area contributed by atoms with E-state index in [9.17, 15) is 13.2 Å². The first-order valence-electron chi connectivity index (χ1n) is 8.23. The van der Waals surface area contributed by atoms with E-state index in [0.717, 1.165) is 16.3 Å². The molecule has 4 rings (SSSR count). The van der Waals surface area contributed by atoms with Gasteiger partial charge in [0.15, 0.2) is 5.69 Å². The van der Waals surface area contributed by atoms with Crippen LogP contribution in [0.4, 0.5) is 0 Å². The summed E-state index contributed by atoms with van der Waals surface area (Å²) in [6.45, 7) is 1.49. The van der Waals surface area contributed by atoms with Crippen molar-refractivity contribution < 1.29 is 17.9 Å². The van der Waals surface area contributed by atoms with E-state index in [1.165, 1.54) is 4.31 Å². The van der Waals surface area contributed by atoms with Crippen LogP contribution in [-0.4, -0.2) is 61.9 Å². The van der Waals surface area contributed by atoms with Gasteiger partial charge in [0.25, 0.3) is 5.91 Å². The molecule has 3 aromatic rings. The maximum atomic E-state index is 12.9. The van der Waals surface area contributed by atoms with E-state index in [0.29, 0.717) is 31.8 Å². The minimum absolute atomic E-state index is 0.228. The normalized spacial score (nSPS) is 16.2. The lowest BCUT2D eigenvalue weighted by Crippen LogP contribution is -2.40. The topological polar surface area (TPSA) is 104 Å². The first kappa shape index (κ1) is 17.0. The second-order valence-corrected chi connectivity index (χ2v) is 7.95. The van der Waals surface area contributed by atoms with Crippen molar-refractivity contribution in [2.75, 3.05) is 33.4 Å². The summed E-state index contributed by atoms with van der Waals surface area (Å²) in [4.78, 5) is 19.6. The fourth-order valence-electron chi connectivity index (χ4n) is 3.19. The zero-order chi connectivity index (χ0) is 18.3. The summed E-state index contributed by atoms with van der Waals surface area (Å²) in [5.41, 5.74) is 1.61. The zero-order valence-corrected chi connectivity index (χ0v) is 15.0. The van der Waals surface area contributed by atoms with Crippen molar-refractivity contribution in [3.8, 4) is 0 Å². The lowest BCUT2D eigenvalue weighted by Gasteiger charge is -2.26. The number of ether oxygens (including phenoxy) is 1. The van der Waals surface area contributed by atoms with Crippen molar-refractivity contribution in [3.05, 3.63) is 36.2 Å². The molecule has 2 aromatic heterocycles. The highest BCUT2D eigenvalue weighted by Gasteiger charge is 2.27. The molecule has 0 spiro atoms. The Bertz CT molecular complexity index is 1100. The first-order chi connectivity index (χ1) is 12.5. The predicted molar refractivity (Wildman–Crippen MR) is 96.6 cm³/mol. The molecule has 1 aromatic carbocycles. The number of pyridine rings is 1. The predicted octanol–water partition coefficient (Wildman–Crippen LogP) is 1.10. The van der Waals surface area contributed by atoms with Crippen LogP contribution in [0.2, 0.25) is 0 Å². The third-order valence-corrected chi connectivity index (χ3v) is 6.44. The van der Waals surface area contributed by atoms with Crippen molar-refractivity contribution in [2.45, 2.75) is 4.90 Å². The lowest BCUT2D eigenvalue weighted by molar-refractivity contribution is 0.0730. The van der Waals surface area contributed by atoms with Gasteiger partial charge in [-0.2, -0.15) is 4.31 Å². The molecule has 1 aliphatic heterocycles. The molecule has 136 valence electrons. The van der Waals surface area contributed by atoms with Gasteiger partial charge >= 0.3 is 0 Å². The van der Waals surface area contributed by atoms with Gasteiger partial charge in [-0.1, -0.05) is 0 Å². The molecule has 2 N–H and O–H groups in total. The lowest BCUT2D eigenvalue weighted by atomic mass is 10.1. The fourth-order valence-corrected chi connectivity index (χ4v) is 4.62. The molecule has 1 aliphatic rings. The summed E-state index contributed by atoms with van der Waals surface area (Å²) in [6, 6.07) is 6.71. The molecule has 8 nitrogen and oxygen atoms in total. The zero-order valence-electron chi connectivity index (χ0n) is 14.2. The number of carbonyl (C=O) groups is 1. The van der Waals surface area contributed by atoms with E-state index < -0.39 is 10.0 Å². The number of hydrogen-bond acceptors (Lipinski definition) is 5. The minimum Gasteiger partial charge on any atom is -0.379 e. The molecule has 1 saturated heterocycles. The third kappa shape index (κ3) is 2.64. The van der Waals surface area contributed by atoms with Crippen molar-refractivity contribution in [1.82, 2.24) is 19.6 Å². The number of carbonyl (C=O) groups excluding carboxylic acids is 1. The molecule has 0 aliphatic carbocycles. The Morgan fingerprint density at radius 2 is 2.00 bits per heavy atom. The summed E-state index contributed by atoms with van der Waals surface area (Å²) in [5.74, 6) is -0.302. The first-order valence-corrected chi connectivity index (χ1v) is 9.67. The van der Waals surface area contributed by atoms with Crippen LogP contribution >= 0.6 is 0 Å². The Labute approximate surface area is 150 Å². The number of nitrogens with one attached hydrogen (secondary N) is 2. The SMILES string of the molecule is CNC(=O)c1nccc2c1[nH]c1ccc(S(=O)(=O)N3CCOCC3)cc12. The molecule has 9 heteroatoms. The maximum Gasteiger partial charge on any atom is 0.271 e. The second kappa shape index (κ2) is 6.35. The molecule has 26 heavy (non-hydrogen) atoms. The number of hydrogen-bond donors (Lipinski definition) is 2. The van der Waals surface area contributed by atoms with Gasteiger partial charge in [-0.3, -0.25) is 4.79 Å². The van der Waals surface area contributed by atoms with Crippen LogP contribution in [0.3, 0.4) is 0 Å². The molecule has 0 bridgehead atoms. The highest BCUT2D eigenvalue weighted by atomic mass is 32.2. The number of aromatic amines is 1. The molecular formula is C17H18N4O4S. The van der Waals surface area contributed by atoms with E-state index in [1.807, 2.05) is 0 Å². The Hall–Kier alpha value is -2.49. The van der Waals surface area contributed by atoms with Gasteiger partial charge in [-0.15, -0.1) is 0 Å². The van der Waals surface area contributed by atoms with Crippen LogP contribution in [0.1, 0.15) is 10.5 Å². The molecule has 0 radical (unpaired) electrons. The summed E-state index contributed by atoms with van der Waals surface area (Å²) in [6.07, 6.45) is 1.54. The molecule has 1 fully saturated rings. The van der Waals surface area contributed by atoms with Gasteiger partial charge in [0.1, 0.15) is 0 Å². The average molecular weight is 374 g/mol. The van der Waals surface area contributed by atoms with Gasteiger partial charge in [0, 0.05) is 42.6 Å². The molecule has 0 unspecified atom stereocenters. The number of H-pyrrole nitrogens is 1. The average Bonchev–Trinajstić information content (AvgIpc) is 3.06. The van der Waals surface area contributed by atoms with Crippen LogP contribution < -0.4 is 5.32 Å². The fraction of sp³-hybridized carbons (Fsp3) is 0.294. The Morgan fingerprint density at radius 3 is 2.73 bits per heavy atom. The standard InChI is InChI=1S/C17H18N4O4S/c1-18-17(22)16-15-12(4-5-19-16)13-10-11(2-3-14(13)20-15)26(23,24)21-6-8-25-9-7-21/h2-5,10,20H,6-9H2,1H3,(H,18,22). The van der Waals surface area contributed by atoms with Crippen molar-refractivity contribution in [3.63, 3.8) is 0 Å². The highest BCUT2D eigenvalue weighted by molar-refractivity contribution is 7.89. The highest BCUT2D eigenvalue weighted by Crippen LogP contribution is 2.29. The number of amides is 1. The third-order valence-electron chi connectivity index (χ3n) is 4.54. The molecule has 1 amide bonds. The second-order valence-electron chi connectivity index (χ2n) is 6.01. The maximum absolute atomic E-state index is 12.9. The van der Waals surface area contributed by atoms with Crippen molar-refractivity contribution in [2.24, 2.45) is 0 Å². The van der Waals surface area contributed by atoms with E-state index in [-0.39, 0.29) is 16.5 Å². The number of rotatable bonds is 3. The quantitative estimate of drug-likeness (QED) is 0.714. The Morgan fingerprint density at radius 1 is 1.23 bits per heavy atom. The van der Waals surface area contributed by atoms with E-state index >= 15 is 0 Å². The number of benzene rings is 1. The number of nitrogens with zero attached hydrogens (tertiary/aromatic N) is 2. The minimum atomic E-state index is -3.59. The summed E-state index contributed by atoms with van der Waals surface area (Å²) in [5, 5.41) is 4.06. The smallest absolute Gasteiger partial charge is 0.271 e. The van der Waals surface area contributed by atoms with Crippen LogP contribution in [-0.2, 0) is 14.8 Å². The number of aromatic nitrogens is 2. The van der Waals surface area contributed by atoms with Gasteiger partial charge < -0.3 is 15.0 Å². The number of fused-ring (bicyclic) bond motifs is 3. The number of morpholine rings is 1. The van der Waals surface area contributed by atoms with Crippen LogP contribution in [0, 0.1) is 0 Å². The van der Waals surface area contributed by atoms with Gasteiger partial charge in [-0.25, -0.2) is 13.4 Å². The van der Waals surface area contributed by atoms with Crippen molar-refractivity contribution >= 4 is 37.7 Å². The van der Waals surface area contributed by atoms with Gasteiger partial charge in [0.2, 0.25) is 10.0 Å². The number of sulfonamides is 1. The van der Waals surface area contributed by atoms with E-state index in [4.69, 9.17) is 4.74 Å². The Kier molecular flexibility index (Phi) is 4.14. The monoisotopic (exact) mass is 374 g/mol. The van der Waals surface area contributed by atoms with E-state index in [1.54, 1.807) is 37.5 Å².